The molecule has 2 aliphatic rings. The maximum atomic E-state index is 12.2. The second-order valence-electron chi connectivity index (χ2n) is 5.11. The number of piperazine rings is 1. The first-order chi connectivity index (χ1) is 9.29. The molecule has 1 aromatic rings. The minimum absolute atomic E-state index is 0. The average molecular weight is 294 g/mol. The fourth-order valence-electron chi connectivity index (χ4n) is 2.96. The number of fused-ring (bicyclic) bond motifs is 1. The zero-order valence-corrected chi connectivity index (χ0v) is 12.3. The Morgan fingerprint density at radius 2 is 1.95 bits per heavy atom. The molecule has 2 fully saturated rings. The quantitative estimate of drug-likeness (QED) is 0.799. The Balaban J connectivity index is 0.00000147. The van der Waals surface area contributed by atoms with Gasteiger partial charge in [-0.2, -0.15) is 0 Å². The van der Waals surface area contributed by atoms with E-state index < -0.39 is 0 Å². The van der Waals surface area contributed by atoms with Crippen molar-refractivity contribution in [2.24, 2.45) is 0 Å². The summed E-state index contributed by atoms with van der Waals surface area (Å²) >= 11 is 0. The van der Waals surface area contributed by atoms with E-state index in [1.165, 1.54) is 5.69 Å². The van der Waals surface area contributed by atoms with E-state index in [4.69, 9.17) is 0 Å². The fourth-order valence-corrected chi connectivity index (χ4v) is 2.96. The number of benzene rings is 1. The van der Waals surface area contributed by atoms with Gasteiger partial charge in [-0.05, 0) is 12.1 Å². The van der Waals surface area contributed by atoms with Crippen molar-refractivity contribution in [3.8, 4) is 0 Å². The van der Waals surface area contributed by atoms with Crippen molar-refractivity contribution in [2.75, 3.05) is 37.6 Å². The van der Waals surface area contributed by atoms with E-state index in [0.29, 0.717) is 12.6 Å². The van der Waals surface area contributed by atoms with Crippen molar-refractivity contribution >= 4 is 24.1 Å². The predicted octanol–water partition coefficient (Wildman–Crippen LogP) is 2.22. The highest BCUT2D eigenvalue weighted by molar-refractivity contribution is 5.85. The van der Waals surface area contributed by atoms with Crippen LogP contribution in [0.25, 0.3) is 0 Å². The van der Waals surface area contributed by atoms with Crippen LogP contribution in [0.5, 0.6) is 0 Å². The van der Waals surface area contributed by atoms with Gasteiger partial charge >= 0.3 is 6.03 Å². The van der Waals surface area contributed by atoms with Crippen LogP contribution in [0.2, 0.25) is 0 Å². The molecule has 108 valence electrons. The third-order valence-electron chi connectivity index (χ3n) is 3.90. The second-order valence-corrected chi connectivity index (χ2v) is 5.11. The third kappa shape index (κ3) is 2.61. The minimum Gasteiger partial charge on any atom is -0.368 e. The summed E-state index contributed by atoms with van der Waals surface area (Å²) in [5.74, 6) is 0. The molecule has 1 unspecified atom stereocenters. The number of para-hydroxylation sites is 1. The molecule has 0 aromatic heterocycles. The number of amides is 2. The van der Waals surface area contributed by atoms with Gasteiger partial charge in [0.25, 0.3) is 0 Å². The molecule has 2 heterocycles. The van der Waals surface area contributed by atoms with Gasteiger partial charge in [0.1, 0.15) is 0 Å². The van der Waals surface area contributed by atoms with Crippen molar-refractivity contribution < 1.29 is 4.79 Å². The highest BCUT2D eigenvalue weighted by atomic mass is 35.5. The van der Waals surface area contributed by atoms with Crippen LogP contribution < -0.4 is 4.90 Å². The zero-order valence-electron chi connectivity index (χ0n) is 11.4. The highest BCUT2D eigenvalue weighted by Crippen LogP contribution is 2.24. The van der Waals surface area contributed by atoms with E-state index in [1.807, 2.05) is 15.9 Å². The van der Waals surface area contributed by atoms with E-state index in [0.717, 1.165) is 26.2 Å². The average Bonchev–Trinajstić information content (AvgIpc) is 2.76. The first kappa shape index (κ1) is 14.7. The summed E-state index contributed by atoms with van der Waals surface area (Å²) < 4.78 is 0. The Labute approximate surface area is 126 Å². The van der Waals surface area contributed by atoms with Gasteiger partial charge in [-0.15, -0.1) is 19.0 Å². The van der Waals surface area contributed by atoms with Crippen LogP contribution >= 0.6 is 12.4 Å². The van der Waals surface area contributed by atoms with Crippen LogP contribution in [-0.2, 0) is 0 Å². The maximum Gasteiger partial charge on any atom is 0.320 e. The molecular weight excluding hydrogens is 274 g/mol. The van der Waals surface area contributed by atoms with Gasteiger partial charge in [-0.1, -0.05) is 24.3 Å². The lowest BCUT2D eigenvalue weighted by Crippen LogP contribution is -2.52. The molecule has 1 atom stereocenters. The second kappa shape index (κ2) is 6.18. The smallest absolute Gasteiger partial charge is 0.320 e. The normalized spacial score (nSPS) is 21.5. The molecule has 0 aliphatic carbocycles. The molecule has 2 amide bonds. The van der Waals surface area contributed by atoms with E-state index in [1.54, 1.807) is 6.08 Å². The Kier molecular flexibility index (Phi) is 4.55. The van der Waals surface area contributed by atoms with Crippen LogP contribution in [0.1, 0.15) is 0 Å². The molecule has 0 N–H and O–H groups in total. The molecule has 0 spiro atoms. The molecule has 5 heteroatoms. The number of hydrogen-bond donors (Lipinski definition) is 0. The maximum absolute atomic E-state index is 12.2. The molecular formula is C15H20ClN3O. The summed E-state index contributed by atoms with van der Waals surface area (Å²) in [6, 6.07) is 10.9. The molecule has 3 rings (SSSR count). The van der Waals surface area contributed by atoms with Gasteiger partial charge in [0.15, 0.2) is 0 Å². The third-order valence-corrected chi connectivity index (χ3v) is 3.90. The topological polar surface area (TPSA) is 26.8 Å². The molecule has 2 aliphatic heterocycles. The standard InChI is InChI=1S/C15H19N3O.ClH/c1-2-8-17-12-14-11-16(9-10-18(14)15(17)19)13-6-4-3-5-7-13;/h2-7,14H,1,8-12H2;1H. The Bertz CT molecular complexity index is 479. The van der Waals surface area contributed by atoms with E-state index in [2.05, 4.69) is 35.7 Å². The Hall–Kier alpha value is -1.68. The van der Waals surface area contributed by atoms with Gasteiger partial charge in [0.05, 0.1) is 6.04 Å². The number of carbonyl (C=O) groups is 1. The fraction of sp³-hybridized carbons (Fsp3) is 0.400. The molecule has 1 aromatic carbocycles. The first-order valence-electron chi connectivity index (χ1n) is 6.76. The summed E-state index contributed by atoms with van der Waals surface area (Å²) in [5, 5.41) is 0. The lowest BCUT2D eigenvalue weighted by molar-refractivity contribution is 0.185. The van der Waals surface area contributed by atoms with Gasteiger partial charge in [-0.3, -0.25) is 0 Å². The molecule has 2 saturated heterocycles. The molecule has 0 bridgehead atoms. The van der Waals surface area contributed by atoms with Crippen LogP contribution in [0, 0.1) is 0 Å². The van der Waals surface area contributed by atoms with Crippen molar-refractivity contribution in [1.29, 1.82) is 0 Å². The highest BCUT2D eigenvalue weighted by Gasteiger charge is 2.39. The number of carbonyl (C=O) groups excluding carboxylic acids is 1. The van der Waals surface area contributed by atoms with Gasteiger partial charge in [0, 0.05) is 38.4 Å². The van der Waals surface area contributed by atoms with Gasteiger partial charge in [0.2, 0.25) is 0 Å². The van der Waals surface area contributed by atoms with Crippen molar-refractivity contribution in [3.63, 3.8) is 0 Å². The summed E-state index contributed by atoms with van der Waals surface area (Å²) in [6.07, 6.45) is 1.80. The predicted molar refractivity (Wildman–Crippen MR) is 83.6 cm³/mol. The number of urea groups is 1. The van der Waals surface area contributed by atoms with Crippen LogP contribution in [0.3, 0.4) is 0 Å². The first-order valence-corrected chi connectivity index (χ1v) is 6.76. The zero-order chi connectivity index (χ0) is 13.2. The SMILES string of the molecule is C=CCN1CC2CN(c3ccccc3)CCN2C1=O.Cl. The van der Waals surface area contributed by atoms with Crippen molar-refractivity contribution in [3.05, 3.63) is 43.0 Å². The summed E-state index contributed by atoms with van der Waals surface area (Å²) in [4.78, 5) is 18.4. The van der Waals surface area contributed by atoms with Gasteiger partial charge < -0.3 is 14.7 Å². The van der Waals surface area contributed by atoms with E-state index >= 15 is 0 Å². The van der Waals surface area contributed by atoms with E-state index in [-0.39, 0.29) is 18.4 Å². The van der Waals surface area contributed by atoms with Crippen LogP contribution in [0.4, 0.5) is 10.5 Å². The number of halogens is 1. The summed E-state index contributed by atoms with van der Waals surface area (Å²) in [5.41, 5.74) is 1.25. The monoisotopic (exact) mass is 293 g/mol. The Morgan fingerprint density at radius 3 is 2.65 bits per heavy atom. The lowest BCUT2D eigenvalue weighted by Gasteiger charge is -2.37. The van der Waals surface area contributed by atoms with E-state index in [9.17, 15) is 4.79 Å². The van der Waals surface area contributed by atoms with Crippen LogP contribution in [0.15, 0.2) is 43.0 Å². The number of rotatable bonds is 3. The number of hydrogen-bond acceptors (Lipinski definition) is 2. The Morgan fingerprint density at radius 1 is 1.20 bits per heavy atom. The molecule has 4 nitrogen and oxygen atoms in total. The van der Waals surface area contributed by atoms with Crippen molar-refractivity contribution in [1.82, 2.24) is 9.80 Å². The number of anilines is 1. The van der Waals surface area contributed by atoms with Crippen molar-refractivity contribution in [2.45, 2.75) is 6.04 Å². The van der Waals surface area contributed by atoms with Crippen LogP contribution in [-0.4, -0.2) is 54.6 Å². The molecule has 20 heavy (non-hydrogen) atoms. The van der Waals surface area contributed by atoms with Gasteiger partial charge in [-0.25, -0.2) is 4.79 Å². The summed E-state index contributed by atoms with van der Waals surface area (Å²) in [6.45, 7) is 7.82. The largest absolute Gasteiger partial charge is 0.368 e. The minimum atomic E-state index is 0. The molecule has 0 radical (unpaired) electrons. The lowest BCUT2D eigenvalue weighted by atomic mass is 10.1. The summed E-state index contributed by atoms with van der Waals surface area (Å²) in [7, 11) is 0. The molecule has 0 saturated carbocycles. The number of nitrogens with zero attached hydrogens (tertiary/aromatic N) is 3.